The molecule has 2 heterocycles. The van der Waals surface area contributed by atoms with Crippen molar-refractivity contribution in [1.82, 2.24) is 4.90 Å². The molecule has 4 heteroatoms. The number of nitrogens with zero attached hydrogens (tertiary/aromatic N) is 1. The van der Waals surface area contributed by atoms with Gasteiger partial charge in [-0.25, -0.2) is 0 Å². The molecule has 2 rings (SSSR count). The van der Waals surface area contributed by atoms with Crippen LogP contribution in [-0.2, 0) is 9.53 Å². The van der Waals surface area contributed by atoms with E-state index in [1.54, 1.807) is 0 Å². The van der Waals surface area contributed by atoms with Crippen LogP contribution in [0.15, 0.2) is 0 Å². The van der Waals surface area contributed by atoms with Gasteiger partial charge >= 0.3 is 5.97 Å². The van der Waals surface area contributed by atoms with Crippen LogP contribution in [0.25, 0.3) is 0 Å². The van der Waals surface area contributed by atoms with Crippen molar-refractivity contribution < 1.29 is 14.6 Å². The second kappa shape index (κ2) is 4.94. The van der Waals surface area contributed by atoms with Crippen LogP contribution in [0.4, 0.5) is 0 Å². The highest BCUT2D eigenvalue weighted by atomic mass is 16.5. The lowest BCUT2D eigenvalue weighted by atomic mass is 9.89. The molecule has 0 aromatic carbocycles. The topological polar surface area (TPSA) is 49.8 Å². The summed E-state index contributed by atoms with van der Waals surface area (Å²) in [5, 5.41) is 9.63. The molecule has 98 valence electrons. The van der Waals surface area contributed by atoms with Crippen LogP contribution >= 0.6 is 0 Å². The van der Waals surface area contributed by atoms with E-state index in [4.69, 9.17) is 4.74 Å². The molecule has 0 aliphatic carbocycles. The van der Waals surface area contributed by atoms with Crippen LogP contribution in [0.3, 0.4) is 0 Å². The summed E-state index contributed by atoms with van der Waals surface area (Å²) in [6.45, 7) is 5.80. The molecular weight excluding hydrogens is 218 g/mol. The summed E-state index contributed by atoms with van der Waals surface area (Å²) in [6.07, 6.45) is 4.61. The fourth-order valence-electron chi connectivity index (χ4n) is 3.53. The molecule has 4 nitrogen and oxygen atoms in total. The minimum atomic E-state index is -0.643. The number of aliphatic carboxylic acids is 1. The van der Waals surface area contributed by atoms with Crippen LogP contribution in [-0.4, -0.2) is 46.8 Å². The summed E-state index contributed by atoms with van der Waals surface area (Å²) in [5.74, 6) is -0.643. The fraction of sp³-hybridized carbons (Fsp3) is 0.923. The third kappa shape index (κ3) is 2.08. The zero-order valence-corrected chi connectivity index (χ0v) is 10.8. The van der Waals surface area contributed by atoms with E-state index in [1.807, 2.05) is 0 Å². The lowest BCUT2D eigenvalue weighted by molar-refractivity contribution is -0.152. The zero-order chi connectivity index (χ0) is 12.5. The van der Waals surface area contributed by atoms with E-state index in [0.717, 1.165) is 45.3 Å². The summed E-state index contributed by atoms with van der Waals surface area (Å²) < 4.78 is 5.59. The second-order valence-corrected chi connectivity index (χ2v) is 5.32. The number of rotatable bonds is 4. The number of hydrogen-bond donors (Lipinski definition) is 1. The Balaban J connectivity index is 2.21. The Hall–Kier alpha value is -0.610. The van der Waals surface area contributed by atoms with Gasteiger partial charge in [-0.3, -0.25) is 9.69 Å². The fourth-order valence-corrected chi connectivity index (χ4v) is 3.53. The van der Waals surface area contributed by atoms with Gasteiger partial charge in [-0.05, 0) is 39.2 Å². The Labute approximate surface area is 103 Å². The van der Waals surface area contributed by atoms with Crippen LogP contribution in [0.1, 0.15) is 46.0 Å². The standard InChI is InChI=1S/C13H23NO3/c1-3-6-13(12(15)16)7-4-8-14(13)11-5-9-17-10(11)2/h10-11H,3-9H2,1-2H3,(H,15,16). The van der Waals surface area contributed by atoms with Gasteiger partial charge in [-0.1, -0.05) is 13.3 Å². The number of hydrogen-bond acceptors (Lipinski definition) is 3. The van der Waals surface area contributed by atoms with Crippen molar-refractivity contribution >= 4 is 5.97 Å². The highest BCUT2D eigenvalue weighted by molar-refractivity contribution is 5.79. The summed E-state index contributed by atoms with van der Waals surface area (Å²) in [5.41, 5.74) is -0.624. The second-order valence-electron chi connectivity index (χ2n) is 5.32. The molecule has 2 fully saturated rings. The average Bonchev–Trinajstić information content (AvgIpc) is 2.85. The average molecular weight is 241 g/mol. The predicted octanol–water partition coefficient (Wildman–Crippen LogP) is 1.88. The Morgan fingerprint density at radius 2 is 2.35 bits per heavy atom. The predicted molar refractivity (Wildman–Crippen MR) is 65.0 cm³/mol. The Kier molecular flexibility index (Phi) is 3.73. The summed E-state index contributed by atoms with van der Waals surface area (Å²) >= 11 is 0. The van der Waals surface area contributed by atoms with Crippen molar-refractivity contribution in [3.63, 3.8) is 0 Å². The van der Waals surface area contributed by atoms with Crippen LogP contribution in [0.2, 0.25) is 0 Å². The van der Waals surface area contributed by atoms with Crippen molar-refractivity contribution in [2.24, 2.45) is 0 Å². The van der Waals surface area contributed by atoms with Gasteiger partial charge in [-0.15, -0.1) is 0 Å². The van der Waals surface area contributed by atoms with E-state index >= 15 is 0 Å². The minimum Gasteiger partial charge on any atom is -0.480 e. The smallest absolute Gasteiger partial charge is 0.324 e. The Morgan fingerprint density at radius 3 is 2.88 bits per heavy atom. The van der Waals surface area contributed by atoms with Crippen LogP contribution in [0, 0.1) is 0 Å². The highest BCUT2D eigenvalue weighted by Gasteiger charge is 2.51. The lowest BCUT2D eigenvalue weighted by Crippen LogP contribution is -2.56. The van der Waals surface area contributed by atoms with Gasteiger partial charge in [0.15, 0.2) is 0 Å². The number of ether oxygens (including phenoxy) is 1. The molecule has 2 aliphatic heterocycles. The quantitative estimate of drug-likeness (QED) is 0.816. The number of carbonyl (C=O) groups is 1. The van der Waals surface area contributed by atoms with E-state index in [0.29, 0.717) is 6.04 Å². The van der Waals surface area contributed by atoms with Crippen molar-refractivity contribution in [3.05, 3.63) is 0 Å². The first-order valence-corrected chi connectivity index (χ1v) is 6.73. The van der Waals surface area contributed by atoms with E-state index in [2.05, 4.69) is 18.7 Å². The number of carboxylic acids is 1. The monoisotopic (exact) mass is 241 g/mol. The summed E-state index contributed by atoms with van der Waals surface area (Å²) in [7, 11) is 0. The summed E-state index contributed by atoms with van der Waals surface area (Å²) in [6, 6.07) is 0.292. The van der Waals surface area contributed by atoms with Crippen LogP contribution < -0.4 is 0 Å². The van der Waals surface area contributed by atoms with Crippen molar-refractivity contribution in [2.45, 2.75) is 63.6 Å². The van der Waals surface area contributed by atoms with E-state index in [1.165, 1.54) is 0 Å². The van der Waals surface area contributed by atoms with Gasteiger partial charge in [0.05, 0.1) is 6.10 Å². The molecule has 2 aliphatic rings. The van der Waals surface area contributed by atoms with E-state index in [9.17, 15) is 9.90 Å². The molecule has 0 aromatic rings. The molecule has 3 unspecified atom stereocenters. The van der Waals surface area contributed by atoms with E-state index < -0.39 is 11.5 Å². The first-order chi connectivity index (χ1) is 8.12. The van der Waals surface area contributed by atoms with Gasteiger partial charge in [0.25, 0.3) is 0 Å². The van der Waals surface area contributed by atoms with Gasteiger partial charge in [-0.2, -0.15) is 0 Å². The molecular formula is C13H23NO3. The molecule has 3 atom stereocenters. The lowest BCUT2D eigenvalue weighted by Gasteiger charge is -2.39. The molecule has 0 spiro atoms. The number of likely N-dealkylation sites (tertiary alicyclic amines) is 1. The molecule has 17 heavy (non-hydrogen) atoms. The van der Waals surface area contributed by atoms with Crippen LogP contribution in [0.5, 0.6) is 0 Å². The summed E-state index contributed by atoms with van der Waals surface area (Å²) in [4.78, 5) is 13.9. The Morgan fingerprint density at radius 1 is 1.59 bits per heavy atom. The van der Waals surface area contributed by atoms with E-state index in [-0.39, 0.29) is 6.10 Å². The first-order valence-electron chi connectivity index (χ1n) is 6.73. The highest BCUT2D eigenvalue weighted by Crippen LogP contribution is 2.38. The van der Waals surface area contributed by atoms with Gasteiger partial charge in [0.2, 0.25) is 0 Å². The largest absolute Gasteiger partial charge is 0.480 e. The third-order valence-electron chi connectivity index (χ3n) is 4.34. The zero-order valence-electron chi connectivity index (χ0n) is 10.8. The third-order valence-corrected chi connectivity index (χ3v) is 4.34. The molecule has 2 saturated heterocycles. The normalized spacial score (nSPS) is 38.7. The minimum absolute atomic E-state index is 0.170. The van der Waals surface area contributed by atoms with Gasteiger partial charge in [0, 0.05) is 12.6 Å². The molecule has 0 bridgehead atoms. The Bertz CT molecular complexity index is 294. The SMILES string of the molecule is CCCC1(C(=O)O)CCCN1C1CCOC1C. The first kappa shape index (κ1) is 12.8. The molecule has 0 aromatic heterocycles. The maximum Gasteiger partial charge on any atom is 0.324 e. The molecule has 0 amide bonds. The van der Waals surface area contributed by atoms with Crippen molar-refractivity contribution in [3.8, 4) is 0 Å². The van der Waals surface area contributed by atoms with Gasteiger partial charge < -0.3 is 9.84 Å². The maximum absolute atomic E-state index is 11.7. The molecule has 0 saturated carbocycles. The number of carboxylic acid groups (broad SMARTS) is 1. The van der Waals surface area contributed by atoms with Gasteiger partial charge in [0.1, 0.15) is 5.54 Å². The van der Waals surface area contributed by atoms with Crippen molar-refractivity contribution in [2.75, 3.05) is 13.2 Å². The maximum atomic E-state index is 11.7. The molecule has 1 N–H and O–H groups in total. The molecule has 0 radical (unpaired) electrons. The van der Waals surface area contributed by atoms with Crippen molar-refractivity contribution in [1.29, 1.82) is 0 Å².